The third-order valence-corrected chi connectivity index (χ3v) is 11.1. The van der Waals surface area contributed by atoms with Crippen LogP contribution >= 0.6 is 0 Å². The molecule has 0 radical (unpaired) electrons. The standard InChI is InChI=1S/C50H44O3/c51-48(40-22-8-1-9-23-40)36-39(37-52-49(41-24-10-2-11-25-41,42-26-12-3-13-27-42)43-28-14-4-15-29-43)47(48)38-53-50(44-30-16-5-17-31-44,45-32-18-6-19-33-45)46-34-20-7-21-35-46/h1-35,39,47,51H,36-38H2/t39-,47-,48-/m1/s1. The van der Waals surface area contributed by atoms with Gasteiger partial charge in [0.05, 0.1) is 18.8 Å². The molecule has 1 fully saturated rings. The minimum atomic E-state index is -1.10. The van der Waals surface area contributed by atoms with Gasteiger partial charge < -0.3 is 14.6 Å². The molecule has 0 aromatic heterocycles. The Morgan fingerprint density at radius 2 is 0.660 bits per heavy atom. The first-order valence-electron chi connectivity index (χ1n) is 18.5. The fraction of sp³-hybridized carbons (Fsp3) is 0.160. The predicted molar refractivity (Wildman–Crippen MR) is 212 cm³/mol. The topological polar surface area (TPSA) is 38.7 Å². The third kappa shape index (κ3) is 6.42. The fourth-order valence-corrected chi connectivity index (χ4v) is 8.41. The second-order valence-corrected chi connectivity index (χ2v) is 14.0. The summed E-state index contributed by atoms with van der Waals surface area (Å²) in [5.74, 6) is -0.267. The Balaban J connectivity index is 1.21. The van der Waals surface area contributed by atoms with Gasteiger partial charge in [0.1, 0.15) is 11.2 Å². The summed E-state index contributed by atoms with van der Waals surface area (Å²) >= 11 is 0. The largest absolute Gasteiger partial charge is 0.385 e. The van der Waals surface area contributed by atoms with Crippen molar-refractivity contribution in [1.29, 1.82) is 0 Å². The van der Waals surface area contributed by atoms with Crippen LogP contribution in [0.3, 0.4) is 0 Å². The first-order chi connectivity index (χ1) is 26.1. The van der Waals surface area contributed by atoms with Crippen LogP contribution in [0.5, 0.6) is 0 Å². The molecule has 1 N–H and O–H groups in total. The molecule has 0 amide bonds. The number of hydrogen-bond acceptors (Lipinski definition) is 3. The lowest BCUT2D eigenvalue weighted by atomic mass is 9.59. The quantitative estimate of drug-likeness (QED) is 0.122. The summed E-state index contributed by atoms with van der Waals surface area (Å²) < 4.78 is 14.8. The molecule has 262 valence electrons. The molecule has 3 atom stereocenters. The molecule has 0 bridgehead atoms. The van der Waals surface area contributed by atoms with Crippen molar-refractivity contribution in [2.75, 3.05) is 13.2 Å². The number of hydrogen-bond donors (Lipinski definition) is 1. The summed E-state index contributed by atoms with van der Waals surface area (Å²) in [5.41, 5.74) is 4.28. The van der Waals surface area contributed by atoms with Crippen molar-refractivity contribution in [3.8, 4) is 0 Å². The predicted octanol–water partition coefficient (Wildman–Crippen LogP) is 10.5. The Hall–Kier alpha value is -5.58. The van der Waals surface area contributed by atoms with Crippen LogP contribution in [-0.4, -0.2) is 18.3 Å². The molecule has 0 aliphatic heterocycles. The number of ether oxygens (including phenoxy) is 2. The fourth-order valence-electron chi connectivity index (χ4n) is 8.41. The van der Waals surface area contributed by atoms with Crippen LogP contribution < -0.4 is 0 Å². The Labute approximate surface area is 313 Å². The molecule has 7 aromatic rings. The summed E-state index contributed by atoms with van der Waals surface area (Å²) in [6.45, 7) is 0.712. The molecular weight excluding hydrogens is 649 g/mol. The molecule has 3 nitrogen and oxygen atoms in total. The van der Waals surface area contributed by atoms with Crippen molar-refractivity contribution in [2.24, 2.45) is 11.8 Å². The van der Waals surface area contributed by atoms with Crippen LogP contribution in [0.1, 0.15) is 45.4 Å². The van der Waals surface area contributed by atoms with Crippen LogP contribution in [0.15, 0.2) is 212 Å². The second-order valence-electron chi connectivity index (χ2n) is 14.0. The lowest BCUT2D eigenvalue weighted by Gasteiger charge is -2.53. The van der Waals surface area contributed by atoms with E-state index in [1.807, 2.05) is 66.7 Å². The Morgan fingerprint density at radius 1 is 0.396 bits per heavy atom. The van der Waals surface area contributed by atoms with Gasteiger partial charge in [-0.25, -0.2) is 0 Å². The van der Waals surface area contributed by atoms with Crippen molar-refractivity contribution in [3.63, 3.8) is 0 Å². The maximum Gasteiger partial charge on any atom is 0.143 e. The highest BCUT2D eigenvalue weighted by Crippen LogP contribution is 2.54. The van der Waals surface area contributed by atoms with Gasteiger partial charge in [-0.1, -0.05) is 212 Å². The molecule has 1 aliphatic rings. The van der Waals surface area contributed by atoms with Crippen LogP contribution in [0.2, 0.25) is 0 Å². The smallest absolute Gasteiger partial charge is 0.143 e. The van der Waals surface area contributed by atoms with E-state index in [9.17, 15) is 5.11 Å². The molecule has 53 heavy (non-hydrogen) atoms. The normalized spacial score (nSPS) is 18.6. The summed E-state index contributed by atoms with van der Waals surface area (Å²) in [7, 11) is 0. The molecule has 1 saturated carbocycles. The highest BCUT2D eigenvalue weighted by molar-refractivity contribution is 5.49. The van der Waals surface area contributed by atoms with Gasteiger partial charge in [0, 0.05) is 5.92 Å². The van der Waals surface area contributed by atoms with Crippen LogP contribution in [0.25, 0.3) is 0 Å². The summed E-state index contributed by atoms with van der Waals surface area (Å²) in [6, 6.07) is 72.9. The van der Waals surface area contributed by atoms with E-state index in [0.29, 0.717) is 19.6 Å². The SMILES string of the molecule is O[C@@]1(c2ccccc2)C[C@H](COC(c2ccccc2)(c2ccccc2)c2ccccc2)[C@H]1COC(c1ccccc1)(c1ccccc1)c1ccccc1. The number of benzene rings is 7. The van der Waals surface area contributed by atoms with Gasteiger partial charge in [0.25, 0.3) is 0 Å². The molecule has 1 aliphatic carbocycles. The average Bonchev–Trinajstić information content (AvgIpc) is 3.24. The second kappa shape index (κ2) is 15.2. The van der Waals surface area contributed by atoms with Crippen molar-refractivity contribution in [2.45, 2.75) is 23.2 Å². The van der Waals surface area contributed by atoms with Gasteiger partial charge in [-0.2, -0.15) is 0 Å². The lowest BCUT2D eigenvalue weighted by Crippen LogP contribution is -2.56. The Bertz CT molecular complexity index is 1970. The zero-order valence-corrected chi connectivity index (χ0v) is 29.7. The molecule has 0 saturated heterocycles. The van der Waals surface area contributed by atoms with Gasteiger partial charge in [-0.3, -0.25) is 0 Å². The lowest BCUT2D eigenvalue weighted by molar-refractivity contribution is -0.203. The highest BCUT2D eigenvalue weighted by Gasteiger charge is 2.56. The first-order valence-corrected chi connectivity index (χ1v) is 18.5. The zero-order valence-electron chi connectivity index (χ0n) is 29.7. The van der Waals surface area contributed by atoms with E-state index < -0.39 is 16.8 Å². The van der Waals surface area contributed by atoms with Crippen LogP contribution in [0.4, 0.5) is 0 Å². The molecule has 7 aromatic carbocycles. The van der Waals surface area contributed by atoms with Crippen molar-refractivity contribution in [1.82, 2.24) is 0 Å². The summed E-state index contributed by atoms with van der Waals surface area (Å²) in [4.78, 5) is 0. The highest BCUT2D eigenvalue weighted by atomic mass is 16.5. The van der Waals surface area contributed by atoms with Gasteiger partial charge in [-0.15, -0.1) is 0 Å². The van der Waals surface area contributed by atoms with E-state index in [2.05, 4.69) is 146 Å². The third-order valence-electron chi connectivity index (χ3n) is 11.1. The average molecular weight is 693 g/mol. The number of aliphatic hydroxyl groups is 1. The summed E-state index contributed by atoms with van der Waals surface area (Å²) in [5, 5.41) is 12.7. The Morgan fingerprint density at radius 3 is 0.962 bits per heavy atom. The van der Waals surface area contributed by atoms with Gasteiger partial charge in [0.15, 0.2) is 0 Å². The first kappa shape index (κ1) is 34.5. The minimum absolute atomic E-state index is 0.00395. The van der Waals surface area contributed by atoms with Gasteiger partial charge in [0.2, 0.25) is 0 Å². The van der Waals surface area contributed by atoms with Crippen molar-refractivity contribution >= 4 is 0 Å². The zero-order chi connectivity index (χ0) is 36.0. The number of rotatable bonds is 13. The van der Waals surface area contributed by atoms with E-state index >= 15 is 0 Å². The van der Waals surface area contributed by atoms with E-state index in [1.54, 1.807) is 0 Å². The van der Waals surface area contributed by atoms with Gasteiger partial charge >= 0.3 is 0 Å². The van der Waals surface area contributed by atoms with E-state index in [0.717, 1.165) is 38.9 Å². The molecule has 0 unspecified atom stereocenters. The molecule has 0 heterocycles. The van der Waals surface area contributed by atoms with E-state index in [-0.39, 0.29) is 11.8 Å². The van der Waals surface area contributed by atoms with Crippen LogP contribution in [0, 0.1) is 11.8 Å². The van der Waals surface area contributed by atoms with Crippen LogP contribution in [-0.2, 0) is 26.3 Å². The van der Waals surface area contributed by atoms with E-state index in [4.69, 9.17) is 9.47 Å². The summed E-state index contributed by atoms with van der Waals surface area (Å²) in [6.07, 6.45) is 0.550. The van der Waals surface area contributed by atoms with Crippen molar-refractivity contribution < 1.29 is 14.6 Å². The molecule has 0 spiro atoms. The molecule has 3 heteroatoms. The van der Waals surface area contributed by atoms with Crippen molar-refractivity contribution in [3.05, 3.63) is 251 Å². The Kier molecular flexibility index (Phi) is 9.88. The van der Waals surface area contributed by atoms with E-state index in [1.165, 1.54) is 0 Å². The monoisotopic (exact) mass is 692 g/mol. The minimum Gasteiger partial charge on any atom is -0.385 e. The maximum absolute atomic E-state index is 12.7. The maximum atomic E-state index is 12.7. The molecule has 8 rings (SSSR count). The molecular formula is C50H44O3. The van der Waals surface area contributed by atoms with Gasteiger partial charge in [-0.05, 0) is 51.3 Å².